The Labute approximate surface area is 90.6 Å². The maximum atomic E-state index is 13.4. The molecule has 0 bridgehead atoms. The SMILES string of the molecule is CC(C)(C)OCC(F)(F)CN1CCCC1. The summed E-state index contributed by atoms with van der Waals surface area (Å²) in [7, 11) is 0. The number of hydrogen-bond acceptors (Lipinski definition) is 2. The standard InChI is InChI=1S/C11H21F2NO/c1-10(2,3)15-9-11(12,13)8-14-6-4-5-7-14/h4-9H2,1-3H3. The summed E-state index contributed by atoms with van der Waals surface area (Å²) in [6.07, 6.45) is 2.08. The van der Waals surface area contributed by atoms with Gasteiger partial charge in [0.25, 0.3) is 5.92 Å². The van der Waals surface area contributed by atoms with Crippen LogP contribution >= 0.6 is 0 Å². The number of hydrogen-bond donors (Lipinski definition) is 0. The van der Waals surface area contributed by atoms with Crippen molar-refractivity contribution in [2.24, 2.45) is 0 Å². The highest BCUT2D eigenvalue weighted by Gasteiger charge is 2.34. The fourth-order valence-electron chi connectivity index (χ4n) is 1.64. The molecule has 1 aliphatic rings. The number of likely N-dealkylation sites (tertiary alicyclic amines) is 1. The molecular formula is C11H21F2NO. The number of nitrogens with zero attached hydrogens (tertiary/aromatic N) is 1. The van der Waals surface area contributed by atoms with E-state index in [4.69, 9.17) is 4.74 Å². The summed E-state index contributed by atoms with van der Waals surface area (Å²) < 4.78 is 32.0. The molecule has 0 aromatic rings. The van der Waals surface area contributed by atoms with E-state index >= 15 is 0 Å². The molecule has 0 radical (unpaired) electrons. The molecule has 1 fully saturated rings. The van der Waals surface area contributed by atoms with E-state index in [2.05, 4.69) is 0 Å². The van der Waals surface area contributed by atoms with Crippen molar-refractivity contribution in [3.63, 3.8) is 0 Å². The first-order chi connectivity index (χ1) is 6.79. The lowest BCUT2D eigenvalue weighted by Gasteiger charge is -2.27. The first-order valence-electron chi connectivity index (χ1n) is 5.53. The zero-order valence-corrected chi connectivity index (χ0v) is 9.85. The third kappa shape index (κ3) is 5.42. The molecular weight excluding hydrogens is 200 g/mol. The number of ether oxygens (including phenoxy) is 1. The molecule has 4 heteroatoms. The lowest BCUT2D eigenvalue weighted by Crippen LogP contribution is -2.40. The molecule has 0 atom stereocenters. The van der Waals surface area contributed by atoms with Gasteiger partial charge < -0.3 is 4.74 Å². The van der Waals surface area contributed by atoms with Gasteiger partial charge in [-0.3, -0.25) is 4.90 Å². The maximum Gasteiger partial charge on any atom is 0.283 e. The Bertz CT molecular complexity index is 195. The topological polar surface area (TPSA) is 12.5 Å². The van der Waals surface area contributed by atoms with Gasteiger partial charge in [0, 0.05) is 0 Å². The quantitative estimate of drug-likeness (QED) is 0.723. The summed E-state index contributed by atoms with van der Waals surface area (Å²) in [4.78, 5) is 1.81. The Morgan fingerprint density at radius 1 is 1.13 bits per heavy atom. The minimum atomic E-state index is -2.72. The van der Waals surface area contributed by atoms with Crippen molar-refractivity contribution < 1.29 is 13.5 Å². The van der Waals surface area contributed by atoms with Gasteiger partial charge in [-0.2, -0.15) is 0 Å². The summed E-state index contributed by atoms with van der Waals surface area (Å²) in [6.45, 7) is 6.32. The fourth-order valence-corrected chi connectivity index (χ4v) is 1.64. The van der Waals surface area contributed by atoms with Crippen LogP contribution in [-0.2, 0) is 4.74 Å². The summed E-state index contributed by atoms with van der Waals surface area (Å²) >= 11 is 0. The van der Waals surface area contributed by atoms with Crippen molar-refractivity contribution in [3.05, 3.63) is 0 Å². The molecule has 0 unspecified atom stereocenters. The second-order valence-electron chi connectivity index (χ2n) is 5.24. The van der Waals surface area contributed by atoms with Crippen LogP contribution in [0.3, 0.4) is 0 Å². The first kappa shape index (κ1) is 12.8. The van der Waals surface area contributed by atoms with E-state index in [1.165, 1.54) is 0 Å². The maximum absolute atomic E-state index is 13.4. The average molecular weight is 221 g/mol. The van der Waals surface area contributed by atoms with Gasteiger partial charge in [-0.25, -0.2) is 8.78 Å². The van der Waals surface area contributed by atoms with Crippen LogP contribution in [0.2, 0.25) is 0 Å². The van der Waals surface area contributed by atoms with Crippen molar-refractivity contribution in [1.82, 2.24) is 4.90 Å². The van der Waals surface area contributed by atoms with E-state index in [1.807, 2.05) is 4.90 Å². The van der Waals surface area contributed by atoms with Crippen molar-refractivity contribution in [2.75, 3.05) is 26.2 Å². The second-order valence-corrected chi connectivity index (χ2v) is 5.24. The third-order valence-electron chi connectivity index (χ3n) is 2.37. The number of halogens is 2. The van der Waals surface area contributed by atoms with Gasteiger partial charge in [-0.1, -0.05) is 0 Å². The van der Waals surface area contributed by atoms with E-state index in [0.717, 1.165) is 25.9 Å². The highest BCUT2D eigenvalue weighted by Crippen LogP contribution is 2.21. The Morgan fingerprint density at radius 3 is 2.13 bits per heavy atom. The van der Waals surface area contributed by atoms with E-state index in [9.17, 15) is 8.78 Å². The molecule has 90 valence electrons. The van der Waals surface area contributed by atoms with Crippen molar-refractivity contribution in [3.8, 4) is 0 Å². The lowest BCUT2D eigenvalue weighted by molar-refractivity contribution is -0.130. The lowest BCUT2D eigenvalue weighted by atomic mass is 10.2. The monoisotopic (exact) mass is 221 g/mol. The van der Waals surface area contributed by atoms with Crippen molar-refractivity contribution in [1.29, 1.82) is 0 Å². The summed E-state index contributed by atoms with van der Waals surface area (Å²) in [5.41, 5.74) is -0.492. The summed E-state index contributed by atoms with van der Waals surface area (Å²) in [5.74, 6) is -2.72. The largest absolute Gasteiger partial charge is 0.370 e. The molecule has 0 aromatic heterocycles. The van der Waals surface area contributed by atoms with Crippen LogP contribution in [0.25, 0.3) is 0 Å². The molecule has 0 N–H and O–H groups in total. The predicted octanol–water partition coefficient (Wildman–Crippen LogP) is 2.53. The number of alkyl halides is 2. The molecule has 1 heterocycles. The smallest absolute Gasteiger partial charge is 0.283 e. The molecule has 1 saturated heterocycles. The van der Waals surface area contributed by atoms with Crippen LogP contribution in [0.1, 0.15) is 33.6 Å². The molecule has 0 spiro atoms. The van der Waals surface area contributed by atoms with Crippen molar-refractivity contribution >= 4 is 0 Å². The van der Waals surface area contributed by atoms with Gasteiger partial charge in [0.05, 0.1) is 12.1 Å². The molecule has 0 saturated carbocycles. The van der Waals surface area contributed by atoms with E-state index < -0.39 is 18.1 Å². The van der Waals surface area contributed by atoms with E-state index in [-0.39, 0.29) is 6.54 Å². The Kier molecular flexibility index (Phi) is 4.06. The zero-order valence-electron chi connectivity index (χ0n) is 9.85. The summed E-state index contributed by atoms with van der Waals surface area (Å²) in [6, 6.07) is 0. The predicted molar refractivity (Wildman–Crippen MR) is 56.3 cm³/mol. The molecule has 15 heavy (non-hydrogen) atoms. The van der Waals surface area contributed by atoms with Gasteiger partial charge in [-0.15, -0.1) is 0 Å². The Hall–Kier alpha value is -0.220. The molecule has 1 rings (SSSR count). The van der Waals surface area contributed by atoms with Crippen molar-refractivity contribution in [2.45, 2.75) is 45.1 Å². The van der Waals surface area contributed by atoms with Crippen LogP contribution < -0.4 is 0 Å². The van der Waals surface area contributed by atoms with Gasteiger partial charge in [0.1, 0.15) is 6.61 Å². The molecule has 2 nitrogen and oxygen atoms in total. The van der Waals surface area contributed by atoms with Crippen LogP contribution in [0.15, 0.2) is 0 Å². The third-order valence-corrected chi connectivity index (χ3v) is 2.37. The van der Waals surface area contributed by atoms with Gasteiger partial charge in [-0.05, 0) is 46.7 Å². The molecule has 0 amide bonds. The normalized spacial score (nSPS) is 19.8. The van der Waals surface area contributed by atoms with E-state index in [0.29, 0.717) is 0 Å². The molecule has 1 aliphatic heterocycles. The first-order valence-corrected chi connectivity index (χ1v) is 5.53. The number of rotatable bonds is 4. The minimum Gasteiger partial charge on any atom is -0.370 e. The van der Waals surface area contributed by atoms with Gasteiger partial charge >= 0.3 is 0 Å². The Morgan fingerprint density at radius 2 is 1.67 bits per heavy atom. The minimum absolute atomic E-state index is 0.164. The zero-order chi connectivity index (χ0) is 11.5. The highest BCUT2D eigenvalue weighted by molar-refractivity contribution is 4.76. The fraction of sp³-hybridized carbons (Fsp3) is 1.00. The van der Waals surface area contributed by atoms with Gasteiger partial charge in [0.2, 0.25) is 0 Å². The van der Waals surface area contributed by atoms with Crippen LogP contribution in [0.4, 0.5) is 8.78 Å². The summed E-state index contributed by atoms with van der Waals surface area (Å²) in [5, 5.41) is 0. The van der Waals surface area contributed by atoms with E-state index in [1.54, 1.807) is 20.8 Å². The second kappa shape index (κ2) is 4.74. The molecule has 0 aliphatic carbocycles. The van der Waals surface area contributed by atoms with Crippen LogP contribution in [-0.4, -0.2) is 42.7 Å². The molecule has 0 aromatic carbocycles. The average Bonchev–Trinajstić information content (AvgIpc) is 2.52. The van der Waals surface area contributed by atoms with Crippen LogP contribution in [0.5, 0.6) is 0 Å². The Balaban J connectivity index is 2.30. The van der Waals surface area contributed by atoms with Gasteiger partial charge in [0.15, 0.2) is 0 Å². The van der Waals surface area contributed by atoms with Crippen LogP contribution in [0, 0.1) is 0 Å². The highest BCUT2D eigenvalue weighted by atomic mass is 19.3.